The fraction of sp³-hybridized carbons (Fsp3) is 0.478. The van der Waals surface area contributed by atoms with Gasteiger partial charge in [0.2, 0.25) is 23.6 Å². The molecule has 0 bridgehead atoms. The SMILES string of the molecule is COC(=O)NC(C(=O)N1CCCC1C(=O)Nc1cccc(C2CCC(c3cccc(NC(=O)C4CCCN4C(=O)C(NC(=O)OC)C(C)C)c3)N2c2ccc(F)cc2)c1)C(C)C. The number of ether oxygens (including phenoxy) is 2. The van der Waals surface area contributed by atoms with Crippen molar-refractivity contribution < 1.29 is 42.6 Å². The highest BCUT2D eigenvalue weighted by molar-refractivity contribution is 6.00. The molecule has 4 N–H and O–H groups in total. The number of likely N-dealkylation sites (tertiary alicyclic amines) is 2. The van der Waals surface area contributed by atoms with Crippen molar-refractivity contribution in [3.8, 4) is 0 Å². The van der Waals surface area contributed by atoms with Crippen molar-refractivity contribution in [3.05, 3.63) is 89.7 Å². The Balaban J connectivity index is 1.19. The minimum Gasteiger partial charge on any atom is -0.453 e. The van der Waals surface area contributed by atoms with Gasteiger partial charge in [-0.3, -0.25) is 19.2 Å². The summed E-state index contributed by atoms with van der Waals surface area (Å²) < 4.78 is 23.8. The normalized spacial score (nSPS) is 20.8. The number of carbonyl (C=O) groups is 6. The number of hydrogen-bond acceptors (Lipinski definition) is 9. The lowest BCUT2D eigenvalue weighted by atomic mass is 10.0. The van der Waals surface area contributed by atoms with Crippen LogP contribution in [0.25, 0.3) is 0 Å². The summed E-state index contributed by atoms with van der Waals surface area (Å²) in [6.45, 7) is 8.05. The first-order valence-electron chi connectivity index (χ1n) is 21.4. The summed E-state index contributed by atoms with van der Waals surface area (Å²) in [7, 11) is 2.47. The molecule has 3 heterocycles. The summed E-state index contributed by atoms with van der Waals surface area (Å²) in [5.41, 5.74) is 3.77. The van der Waals surface area contributed by atoms with Gasteiger partial charge in [0.25, 0.3) is 0 Å². The Kier molecular flexibility index (Phi) is 14.7. The van der Waals surface area contributed by atoms with E-state index in [0.717, 1.165) is 29.7 Å². The molecular formula is C46H58FN7O8. The van der Waals surface area contributed by atoms with Gasteiger partial charge in [0.15, 0.2) is 0 Å². The Morgan fingerprint density at radius 3 is 1.42 bits per heavy atom. The maximum absolute atomic E-state index is 14.3. The van der Waals surface area contributed by atoms with Gasteiger partial charge < -0.3 is 45.4 Å². The van der Waals surface area contributed by atoms with E-state index in [4.69, 9.17) is 9.47 Å². The highest BCUT2D eigenvalue weighted by Crippen LogP contribution is 2.47. The molecule has 332 valence electrons. The van der Waals surface area contributed by atoms with Crippen molar-refractivity contribution in [2.45, 2.75) is 102 Å². The Bertz CT molecular complexity index is 1990. The van der Waals surface area contributed by atoms with E-state index in [0.29, 0.717) is 50.1 Å². The predicted octanol–water partition coefficient (Wildman–Crippen LogP) is 6.53. The molecule has 3 aliphatic rings. The first kappa shape index (κ1) is 45.3. The van der Waals surface area contributed by atoms with E-state index in [9.17, 15) is 33.2 Å². The zero-order valence-electron chi connectivity index (χ0n) is 36.2. The summed E-state index contributed by atoms with van der Waals surface area (Å²) >= 11 is 0. The van der Waals surface area contributed by atoms with Crippen LogP contribution in [0.1, 0.15) is 89.4 Å². The van der Waals surface area contributed by atoms with Crippen molar-refractivity contribution in [1.29, 1.82) is 0 Å². The van der Waals surface area contributed by atoms with Gasteiger partial charge in [-0.25, -0.2) is 14.0 Å². The molecule has 3 saturated heterocycles. The number of rotatable bonds is 13. The molecule has 6 amide bonds. The zero-order chi connectivity index (χ0) is 44.7. The molecule has 0 aromatic heterocycles. The predicted molar refractivity (Wildman–Crippen MR) is 232 cm³/mol. The van der Waals surface area contributed by atoms with Crippen LogP contribution in [0.2, 0.25) is 0 Å². The van der Waals surface area contributed by atoms with Crippen LogP contribution in [0.3, 0.4) is 0 Å². The number of nitrogens with zero attached hydrogens (tertiary/aromatic N) is 3. The number of anilines is 3. The summed E-state index contributed by atoms with van der Waals surface area (Å²) in [6.07, 6.45) is 2.25. The molecule has 0 aliphatic carbocycles. The fourth-order valence-corrected chi connectivity index (χ4v) is 8.90. The van der Waals surface area contributed by atoms with Crippen molar-refractivity contribution in [2.75, 3.05) is 42.8 Å². The molecule has 3 aliphatic heterocycles. The standard InChI is InChI=1S/C46H58FN7O8/c1-27(2)39(50-45(59)61-5)43(57)52-23-9-15-37(52)41(55)48-32-13-7-11-29(25-32)35-21-22-36(54(35)34-19-17-31(47)18-20-34)30-12-8-14-33(26-30)49-42(56)38-16-10-24-53(38)44(58)40(28(3)4)51-46(60)62-6/h7-8,11-14,17-20,25-28,35-40H,9-10,15-16,21-24H2,1-6H3,(H,48,55)(H,49,56)(H,50,59)(H,51,60). The molecule has 3 fully saturated rings. The lowest BCUT2D eigenvalue weighted by Gasteiger charge is -2.34. The monoisotopic (exact) mass is 855 g/mol. The van der Waals surface area contributed by atoms with E-state index in [2.05, 4.69) is 26.2 Å². The van der Waals surface area contributed by atoms with Crippen LogP contribution in [-0.2, 0) is 28.7 Å². The second-order valence-corrected chi connectivity index (χ2v) is 16.8. The van der Waals surface area contributed by atoms with Crippen LogP contribution < -0.4 is 26.2 Å². The van der Waals surface area contributed by atoms with Crippen LogP contribution in [-0.4, -0.2) is 97.1 Å². The molecule has 0 saturated carbocycles. The molecule has 6 atom stereocenters. The Morgan fingerprint density at radius 1 is 0.613 bits per heavy atom. The number of benzene rings is 3. The molecule has 15 nitrogen and oxygen atoms in total. The number of hydrogen-bond donors (Lipinski definition) is 4. The molecule has 6 rings (SSSR count). The third kappa shape index (κ3) is 10.3. The second kappa shape index (κ2) is 20.1. The van der Waals surface area contributed by atoms with Crippen LogP contribution >= 0.6 is 0 Å². The number of carbonyl (C=O) groups excluding carboxylic acids is 6. The number of halogens is 1. The Labute approximate surface area is 362 Å². The molecular weight excluding hydrogens is 798 g/mol. The van der Waals surface area contributed by atoms with Gasteiger partial charge >= 0.3 is 12.2 Å². The van der Waals surface area contributed by atoms with Crippen LogP contribution in [0, 0.1) is 17.7 Å². The maximum Gasteiger partial charge on any atom is 0.407 e. The zero-order valence-corrected chi connectivity index (χ0v) is 36.2. The quantitative estimate of drug-likeness (QED) is 0.149. The van der Waals surface area contributed by atoms with Gasteiger partial charge in [-0.05, 0) is 110 Å². The van der Waals surface area contributed by atoms with Crippen molar-refractivity contribution >= 4 is 52.9 Å². The summed E-state index contributed by atoms with van der Waals surface area (Å²) in [6, 6.07) is 18.0. The van der Waals surface area contributed by atoms with Gasteiger partial charge in [0.1, 0.15) is 30.0 Å². The first-order valence-corrected chi connectivity index (χ1v) is 21.4. The third-order valence-electron chi connectivity index (χ3n) is 12.0. The second-order valence-electron chi connectivity index (χ2n) is 16.8. The van der Waals surface area contributed by atoms with Crippen molar-refractivity contribution in [1.82, 2.24) is 20.4 Å². The topological polar surface area (TPSA) is 179 Å². The third-order valence-corrected chi connectivity index (χ3v) is 12.0. The average Bonchev–Trinajstić information content (AvgIpc) is 4.05. The Hall–Kier alpha value is -6.19. The van der Waals surface area contributed by atoms with Gasteiger partial charge in [-0.1, -0.05) is 52.0 Å². The van der Waals surface area contributed by atoms with E-state index in [-0.39, 0.29) is 53.4 Å². The molecule has 0 spiro atoms. The summed E-state index contributed by atoms with van der Waals surface area (Å²) in [5, 5.41) is 11.3. The number of nitrogens with one attached hydrogen (secondary N) is 4. The molecule has 0 radical (unpaired) electrons. The first-order chi connectivity index (χ1) is 29.7. The largest absolute Gasteiger partial charge is 0.453 e. The fourth-order valence-electron chi connectivity index (χ4n) is 8.90. The number of alkyl carbamates (subject to hydrolysis) is 2. The number of amides is 6. The van der Waals surface area contributed by atoms with Gasteiger partial charge in [0.05, 0.1) is 26.3 Å². The minimum absolute atomic E-state index is 0.174. The van der Waals surface area contributed by atoms with E-state index in [1.54, 1.807) is 24.3 Å². The summed E-state index contributed by atoms with van der Waals surface area (Å²) in [4.78, 5) is 84.2. The molecule has 6 unspecified atom stereocenters. The van der Waals surface area contributed by atoms with E-state index < -0.39 is 36.4 Å². The average molecular weight is 856 g/mol. The van der Waals surface area contributed by atoms with E-state index in [1.807, 2.05) is 64.1 Å². The number of methoxy groups -OCH3 is 2. The maximum atomic E-state index is 14.3. The molecule has 16 heteroatoms. The molecule has 3 aromatic carbocycles. The van der Waals surface area contributed by atoms with E-state index in [1.165, 1.54) is 36.2 Å². The Morgan fingerprint density at radius 2 is 1.03 bits per heavy atom. The smallest absolute Gasteiger partial charge is 0.407 e. The van der Waals surface area contributed by atoms with Crippen molar-refractivity contribution in [2.24, 2.45) is 11.8 Å². The van der Waals surface area contributed by atoms with Gasteiger partial charge in [-0.2, -0.15) is 0 Å². The lowest BCUT2D eigenvalue weighted by Crippen LogP contribution is -2.54. The molecule has 3 aromatic rings. The minimum atomic E-state index is -0.849. The summed E-state index contributed by atoms with van der Waals surface area (Å²) in [5.74, 6) is -2.16. The highest BCUT2D eigenvalue weighted by atomic mass is 19.1. The van der Waals surface area contributed by atoms with Crippen LogP contribution in [0.5, 0.6) is 0 Å². The van der Waals surface area contributed by atoms with Gasteiger partial charge in [-0.15, -0.1) is 0 Å². The highest BCUT2D eigenvalue weighted by Gasteiger charge is 2.41. The van der Waals surface area contributed by atoms with E-state index >= 15 is 0 Å². The molecule has 62 heavy (non-hydrogen) atoms. The van der Waals surface area contributed by atoms with Crippen LogP contribution in [0.4, 0.5) is 31.0 Å². The van der Waals surface area contributed by atoms with Gasteiger partial charge in [0, 0.05) is 30.2 Å². The van der Waals surface area contributed by atoms with Crippen LogP contribution in [0.15, 0.2) is 72.8 Å². The van der Waals surface area contributed by atoms with Crippen molar-refractivity contribution in [3.63, 3.8) is 0 Å². The lowest BCUT2D eigenvalue weighted by molar-refractivity contribution is -0.139.